The van der Waals surface area contributed by atoms with Crippen molar-refractivity contribution in [3.63, 3.8) is 0 Å². The molecule has 2 aromatic rings. The van der Waals surface area contributed by atoms with E-state index in [1.807, 2.05) is 24.3 Å². The Kier molecular flexibility index (Phi) is 7.25. The molecule has 27 heavy (non-hydrogen) atoms. The summed E-state index contributed by atoms with van der Waals surface area (Å²) in [6.07, 6.45) is 0. The van der Waals surface area contributed by atoms with Gasteiger partial charge in [0.25, 0.3) is 5.91 Å². The van der Waals surface area contributed by atoms with Crippen molar-refractivity contribution >= 4 is 60.8 Å². The van der Waals surface area contributed by atoms with Gasteiger partial charge in [-0.1, -0.05) is 32.9 Å². The van der Waals surface area contributed by atoms with Crippen LogP contribution in [0.2, 0.25) is 0 Å². The number of thiocarbonyl (C=S) groups is 1. The predicted octanol–water partition coefficient (Wildman–Crippen LogP) is 5.11. The number of rotatable bonds is 4. The SMILES string of the molecule is CC(C)(C)c1ccc(OCC(=O)NC(=S)Nc2cc(Br)c(O)c(Br)c2)cc1. The van der Waals surface area contributed by atoms with Crippen LogP contribution in [0.25, 0.3) is 0 Å². The number of carbonyl (C=O) groups is 1. The fraction of sp³-hybridized carbons (Fsp3) is 0.263. The maximum atomic E-state index is 12.0. The zero-order chi connectivity index (χ0) is 20.2. The first kappa shape index (κ1) is 21.7. The molecule has 0 unspecified atom stereocenters. The standard InChI is InChI=1S/C19H20Br2N2O3S/c1-19(2,3)11-4-6-13(7-5-11)26-10-16(24)23-18(27)22-12-8-14(20)17(25)15(21)9-12/h4-9,25H,10H2,1-3H3,(H2,22,23,24,27). The van der Waals surface area contributed by atoms with Crippen molar-refractivity contribution in [3.8, 4) is 11.5 Å². The lowest BCUT2D eigenvalue weighted by Crippen LogP contribution is -2.37. The molecule has 5 nitrogen and oxygen atoms in total. The van der Waals surface area contributed by atoms with E-state index in [4.69, 9.17) is 17.0 Å². The Labute approximate surface area is 180 Å². The van der Waals surface area contributed by atoms with Gasteiger partial charge in [-0.3, -0.25) is 10.1 Å². The summed E-state index contributed by atoms with van der Waals surface area (Å²) in [4.78, 5) is 12.0. The summed E-state index contributed by atoms with van der Waals surface area (Å²) >= 11 is 11.6. The molecule has 0 fully saturated rings. The van der Waals surface area contributed by atoms with Gasteiger partial charge in [-0.2, -0.15) is 0 Å². The van der Waals surface area contributed by atoms with E-state index in [0.717, 1.165) is 0 Å². The lowest BCUT2D eigenvalue weighted by Gasteiger charge is -2.19. The molecule has 0 saturated carbocycles. The second kappa shape index (κ2) is 9.03. The normalized spacial score (nSPS) is 11.0. The average Bonchev–Trinajstić information content (AvgIpc) is 2.57. The molecule has 0 spiro atoms. The minimum absolute atomic E-state index is 0.0615. The third-order valence-corrected chi connectivity index (χ3v) is 5.03. The zero-order valence-corrected chi connectivity index (χ0v) is 19.1. The van der Waals surface area contributed by atoms with Gasteiger partial charge in [0.15, 0.2) is 11.7 Å². The van der Waals surface area contributed by atoms with Crippen LogP contribution in [0.5, 0.6) is 11.5 Å². The summed E-state index contributed by atoms with van der Waals surface area (Å²) in [6, 6.07) is 10.9. The molecule has 8 heteroatoms. The molecule has 0 aliphatic rings. The quantitative estimate of drug-likeness (QED) is 0.390. The van der Waals surface area contributed by atoms with Crippen molar-refractivity contribution in [3.05, 3.63) is 50.9 Å². The van der Waals surface area contributed by atoms with Gasteiger partial charge < -0.3 is 15.2 Å². The second-order valence-corrected chi connectivity index (χ2v) is 8.97. The summed E-state index contributed by atoms with van der Waals surface area (Å²) < 4.78 is 6.48. The van der Waals surface area contributed by atoms with Gasteiger partial charge in [-0.05, 0) is 79.3 Å². The fourth-order valence-electron chi connectivity index (χ4n) is 2.16. The highest BCUT2D eigenvalue weighted by Crippen LogP contribution is 2.35. The number of hydrogen-bond acceptors (Lipinski definition) is 4. The van der Waals surface area contributed by atoms with Crippen molar-refractivity contribution in [2.75, 3.05) is 11.9 Å². The smallest absolute Gasteiger partial charge is 0.264 e. The largest absolute Gasteiger partial charge is 0.506 e. The molecule has 0 saturated heterocycles. The van der Waals surface area contributed by atoms with Crippen LogP contribution in [-0.4, -0.2) is 22.7 Å². The minimum Gasteiger partial charge on any atom is -0.506 e. The molecule has 0 radical (unpaired) electrons. The van der Waals surface area contributed by atoms with E-state index in [-0.39, 0.29) is 28.8 Å². The monoisotopic (exact) mass is 514 g/mol. The van der Waals surface area contributed by atoms with E-state index in [2.05, 4.69) is 63.3 Å². The van der Waals surface area contributed by atoms with E-state index in [9.17, 15) is 9.90 Å². The van der Waals surface area contributed by atoms with Gasteiger partial charge in [0.05, 0.1) is 8.95 Å². The van der Waals surface area contributed by atoms with Crippen LogP contribution in [0.4, 0.5) is 5.69 Å². The highest BCUT2D eigenvalue weighted by Gasteiger charge is 2.13. The number of hydrogen-bond donors (Lipinski definition) is 3. The van der Waals surface area contributed by atoms with Crippen LogP contribution >= 0.6 is 44.1 Å². The van der Waals surface area contributed by atoms with Gasteiger partial charge in [0, 0.05) is 5.69 Å². The zero-order valence-electron chi connectivity index (χ0n) is 15.1. The molecular formula is C19H20Br2N2O3S. The summed E-state index contributed by atoms with van der Waals surface area (Å²) in [6.45, 7) is 6.25. The van der Waals surface area contributed by atoms with Crippen molar-refractivity contribution in [2.45, 2.75) is 26.2 Å². The number of nitrogens with one attached hydrogen (secondary N) is 2. The second-order valence-electron chi connectivity index (χ2n) is 6.85. The number of phenols is 1. The first-order valence-corrected chi connectivity index (χ1v) is 10.1. The first-order valence-electron chi connectivity index (χ1n) is 8.08. The molecule has 3 N–H and O–H groups in total. The lowest BCUT2D eigenvalue weighted by molar-refractivity contribution is -0.121. The highest BCUT2D eigenvalue weighted by molar-refractivity contribution is 9.11. The number of amides is 1. The van der Waals surface area contributed by atoms with E-state index < -0.39 is 0 Å². The Morgan fingerprint density at radius 2 is 1.70 bits per heavy atom. The van der Waals surface area contributed by atoms with Crippen molar-refractivity contribution in [2.24, 2.45) is 0 Å². The van der Waals surface area contributed by atoms with Crippen LogP contribution < -0.4 is 15.4 Å². The molecule has 0 bridgehead atoms. The van der Waals surface area contributed by atoms with E-state index >= 15 is 0 Å². The van der Waals surface area contributed by atoms with E-state index in [1.54, 1.807) is 12.1 Å². The molecule has 0 atom stereocenters. The van der Waals surface area contributed by atoms with Crippen molar-refractivity contribution in [1.82, 2.24) is 5.32 Å². The summed E-state index contributed by atoms with van der Waals surface area (Å²) in [7, 11) is 0. The number of phenolic OH excluding ortho intramolecular Hbond substituents is 1. The van der Waals surface area contributed by atoms with Gasteiger partial charge in [0.2, 0.25) is 0 Å². The lowest BCUT2D eigenvalue weighted by atomic mass is 9.87. The average molecular weight is 516 g/mol. The maximum absolute atomic E-state index is 12.0. The topological polar surface area (TPSA) is 70.6 Å². The number of ether oxygens (including phenoxy) is 1. The van der Waals surface area contributed by atoms with Crippen molar-refractivity contribution < 1.29 is 14.6 Å². The van der Waals surface area contributed by atoms with Crippen LogP contribution in [0.1, 0.15) is 26.3 Å². The molecular weight excluding hydrogens is 496 g/mol. The molecule has 144 valence electrons. The van der Waals surface area contributed by atoms with Gasteiger partial charge in [0.1, 0.15) is 11.5 Å². The molecule has 2 aromatic carbocycles. The van der Waals surface area contributed by atoms with Crippen LogP contribution in [0.3, 0.4) is 0 Å². The van der Waals surface area contributed by atoms with Gasteiger partial charge in [-0.25, -0.2) is 0 Å². The van der Waals surface area contributed by atoms with E-state index in [0.29, 0.717) is 20.4 Å². The molecule has 0 aromatic heterocycles. The Hall–Kier alpha value is -1.64. The molecule has 1 amide bonds. The predicted molar refractivity (Wildman–Crippen MR) is 119 cm³/mol. The highest BCUT2D eigenvalue weighted by atomic mass is 79.9. The first-order chi connectivity index (χ1) is 12.6. The molecule has 0 aliphatic carbocycles. The maximum Gasteiger partial charge on any atom is 0.264 e. The third kappa shape index (κ3) is 6.48. The Morgan fingerprint density at radius 1 is 1.15 bits per heavy atom. The van der Waals surface area contributed by atoms with Crippen LogP contribution in [-0.2, 0) is 10.2 Å². The summed E-state index contributed by atoms with van der Waals surface area (Å²) in [5.74, 6) is 0.328. The fourth-order valence-corrected chi connectivity index (χ4v) is 3.58. The van der Waals surface area contributed by atoms with Gasteiger partial charge in [-0.15, -0.1) is 0 Å². The molecule has 0 heterocycles. The number of anilines is 1. The Bertz CT molecular complexity index is 826. The molecule has 0 aliphatic heterocycles. The van der Waals surface area contributed by atoms with Crippen molar-refractivity contribution in [1.29, 1.82) is 0 Å². The van der Waals surface area contributed by atoms with Crippen LogP contribution in [0.15, 0.2) is 45.3 Å². The van der Waals surface area contributed by atoms with Crippen LogP contribution in [0, 0.1) is 0 Å². The number of halogens is 2. The third-order valence-electron chi connectivity index (χ3n) is 3.62. The Balaban J connectivity index is 1.86. The summed E-state index contributed by atoms with van der Waals surface area (Å²) in [5, 5.41) is 15.3. The molecule has 2 rings (SSSR count). The number of benzene rings is 2. The number of carbonyl (C=O) groups excluding carboxylic acids is 1. The number of aromatic hydroxyl groups is 1. The Morgan fingerprint density at radius 3 is 2.22 bits per heavy atom. The van der Waals surface area contributed by atoms with Gasteiger partial charge >= 0.3 is 0 Å². The summed E-state index contributed by atoms with van der Waals surface area (Å²) in [5.41, 5.74) is 1.86. The minimum atomic E-state index is -0.371. The van der Waals surface area contributed by atoms with E-state index in [1.165, 1.54) is 5.56 Å².